The Morgan fingerprint density at radius 1 is 1.21 bits per heavy atom. The molecule has 1 unspecified atom stereocenters. The lowest BCUT2D eigenvalue weighted by Crippen LogP contribution is -2.27. The molecule has 5 nitrogen and oxygen atoms in total. The smallest absolute Gasteiger partial charge is 0.256 e. The third-order valence-electron chi connectivity index (χ3n) is 4.34. The molecule has 3 rings (SSSR count). The number of nitrogens with zero attached hydrogens (tertiary/aromatic N) is 2. The van der Waals surface area contributed by atoms with Crippen molar-refractivity contribution in [3.8, 4) is 11.4 Å². The Kier molecular flexibility index (Phi) is 5.99. The zero-order valence-electron chi connectivity index (χ0n) is 15.9. The van der Waals surface area contributed by atoms with E-state index < -0.39 is 0 Å². The van der Waals surface area contributed by atoms with Gasteiger partial charge in [0.15, 0.2) is 0 Å². The van der Waals surface area contributed by atoms with E-state index in [2.05, 4.69) is 10.4 Å². The largest absolute Gasteiger partial charge is 0.494 e. The number of hydrogen-bond acceptors (Lipinski definition) is 3. The van der Waals surface area contributed by atoms with Crippen LogP contribution in [0.15, 0.2) is 48.5 Å². The predicted molar refractivity (Wildman–Crippen MR) is 107 cm³/mol. The molecule has 28 heavy (non-hydrogen) atoms. The van der Waals surface area contributed by atoms with Crippen LogP contribution in [0.5, 0.6) is 5.75 Å². The fraction of sp³-hybridized carbons (Fsp3) is 0.238. The van der Waals surface area contributed by atoms with Crippen molar-refractivity contribution in [2.45, 2.75) is 26.8 Å². The van der Waals surface area contributed by atoms with Gasteiger partial charge in [0.05, 0.1) is 29.6 Å². The van der Waals surface area contributed by atoms with Crippen molar-refractivity contribution < 1.29 is 13.9 Å². The van der Waals surface area contributed by atoms with Crippen molar-refractivity contribution in [1.82, 2.24) is 15.1 Å². The monoisotopic (exact) mass is 401 g/mol. The van der Waals surface area contributed by atoms with E-state index in [9.17, 15) is 9.18 Å². The molecule has 2 aromatic carbocycles. The van der Waals surface area contributed by atoms with E-state index in [0.29, 0.717) is 23.6 Å². The first-order chi connectivity index (χ1) is 13.4. The molecule has 0 radical (unpaired) electrons. The maximum atomic E-state index is 13.2. The number of halogens is 2. The highest BCUT2D eigenvalue weighted by atomic mass is 35.5. The highest BCUT2D eigenvalue weighted by molar-refractivity contribution is 6.33. The Hall–Kier alpha value is -2.86. The third kappa shape index (κ3) is 4.17. The number of rotatable bonds is 6. The lowest BCUT2D eigenvalue weighted by molar-refractivity contribution is 0.0939. The first kappa shape index (κ1) is 19.9. The lowest BCUT2D eigenvalue weighted by Gasteiger charge is -2.15. The third-order valence-corrected chi connectivity index (χ3v) is 4.69. The van der Waals surface area contributed by atoms with Crippen LogP contribution >= 0.6 is 11.6 Å². The van der Waals surface area contributed by atoms with Crippen LogP contribution < -0.4 is 10.1 Å². The van der Waals surface area contributed by atoms with Gasteiger partial charge in [0, 0.05) is 0 Å². The first-order valence-corrected chi connectivity index (χ1v) is 9.33. The molecule has 1 N–H and O–H groups in total. The summed E-state index contributed by atoms with van der Waals surface area (Å²) in [6.07, 6.45) is 0. The Morgan fingerprint density at radius 3 is 2.46 bits per heavy atom. The average Bonchev–Trinajstić information content (AvgIpc) is 2.97. The molecule has 1 amide bonds. The minimum Gasteiger partial charge on any atom is -0.494 e. The molecule has 146 valence electrons. The summed E-state index contributed by atoms with van der Waals surface area (Å²) in [5.74, 6) is 0.104. The highest BCUT2D eigenvalue weighted by Crippen LogP contribution is 2.25. The van der Waals surface area contributed by atoms with E-state index in [0.717, 1.165) is 11.3 Å². The van der Waals surface area contributed by atoms with Gasteiger partial charge in [-0.3, -0.25) is 4.79 Å². The minimum absolute atomic E-state index is 0.181. The quantitative estimate of drug-likeness (QED) is 0.641. The molecule has 0 saturated heterocycles. The van der Waals surface area contributed by atoms with E-state index in [1.54, 1.807) is 19.1 Å². The molecule has 1 atom stereocenters. The van der Waals surface area contributed by atoms with E-state index in [-0.39, 0.29) is 22.9 Å². The number of amides is 1. The van der Waals surface area contributed by atoms with Gasteiger partial charge in [-0.05, 0) is 62.7 Å². The molecular weight excluding hydrogens is 381 g/mol. The molecule has 0 saturated carbocycles. The fourth-order valence-corrected chi connectivity index (χ4v) is 3.24. The number of benzene rings is 2. The van der Waals surface area contributed by atoms with Gasteiger partial charge in [-0.15, -0.1) is 0 Å². The zero-order chi connectivity index (χ0) is 20.3. The Balaban J connectivity index is 1.79. The van der Waals surface area contributed by atoms with Gasteiger partial charge in [0.1, 0.15) is 16.7 Å². The van der Waals surface area contributed by atoms with Crippen LogP contribution in [0.4, 0.5) is 4.39 Å². The van der Waals surface area contributed by atoms with Gasteiger partial charge in [0.25, 0.3) is 5.91 Å². The van der Waals surface area contributed by atoms with Crippen LogP contribution in [0.2, 0.25) is 5.15 Å². The molecule has 0 bridgehead atoms. The molecule has 7 heteroatoms. The van der Waals surface area contributed by atoms with Crippen molar-refractivity contribution >= 4 is 17.5 Å². The van der Waals surface area contributed by atoms with Gasteiger partial charge >= 0.3 is 0 Å². The Bertz CT molecular complexity index is 969. The summed E-state index contributed by atoms with van der Waals surface area (Å²) in [4.78, 5) is 12.8. The summed E-state index contributed by atoms with van der Waals surface area (Å²) in [7, 11) is 0. The SMILES string of the molecule is CCOc1ccc(C(C)NC(=O)c2c(C)nn(-c3ccc(F)cc3)c2Cl)cc1. The number of nitrogens with one attached hydrogen (secondary N) is 1. The van der Waals surface area contributed by atoms with Crippen LogP contribution in [0, 0.1) is 12.7 Å². The predicted octanol–water partition coefficient (Wildman–Crippen LogP) is 4.86. The number of carbonyl (C=O) groups is 1. The molecule has 0 aliphatic carbocycles. The summed E-state index contributed by atoms with van der Waals surface area (Å²) >= 11 is 6.41. The summed E-state index contributed by atoms with van der Waals surface area (Å²) in [6.45, 7) is 6.12. The van der Waals surface area contributed by atoms with Gasteiger partial charge < -0.3 is 10.1 Å². The van der Waals surface area contributed by atoms with Crippen molar-refractivity contribution in [2.75, 3.05) is 6.61 Å². The molecule has 0 spiro atoms. The van der Waals surface area contributed by atoms with Crippen LogP contribution in [-0.4, -0.2) is 22.3 Å². The molecule has 3 aromatic rings. The topological polar surface area (TPSA) is 56.1 Å². The average molecular weight is 402 g/mol. The molecule has 0 aliphatic rings. The second kappa shape index (κ2) is 8.44. The fourth-order valence-electron chi connectivity index (χ4n) is 2.88. The first-order valence-electron chi connectivity index (χ1n) is 8.95. The summed E-state index contributed by atoms with van der Waals surface area (Å²) in [5.41, 5.74) is 2.30. The number of carbonyl (C=O) groups excluding carboxylic acids is 1. The normalized spacial score (nSPS) is 11.9. The minimum atomic E-state index is -0.356. The number of aryl methyl sites for hydroxylation is 1. The molecular formula is C21H21ClFN3O2. The maximum Gasteiger partial charge on any atom is 0.256 e. The molecule has 0 fully saturated rings. The van der Waals surface area contributed by atoms with Crippen molar-refractivity contribution in [3.05, 3.63) is 76.3 Å². The van der Waals surface area contributed by atoms with Crippen molar-refractivity contribution in [2.24, 2.45) is 0 Å². The van der Waals surface area contributed by atoms with Gasteiger partial charge in [-0.1, -0.05) is 23.7 Å². The summed E-state index contributed by atoms with van der Waals surface area (Å²) < 4.78 is 20.0. The van der Waals surface area contributed by atoms with Crippen LogP contribution in [0.25, 0.3) is 5.69 Å². The Labute approximate surface area is 168 Å². The van der Waals surface area contributed by atoms with Crippen molar-refractivity contribution in [1.29, 1.82) is 0 Å². The van der Waals surface area contributed by atoms with Gasteiger partial charge in [-0.2, -0.15) is 5.10 Å². The number of hydrogen-bond donors (Lipinski definition) is 1. The zero-order valence-corrected chi connectivity index (χ0v) is 16.6. The maximum absolute atomic E-state index is 13.2. The van der Waals surface area contributed by atoms with E-state index >= 15 is 0 Å². The van der Waals surface area contributed by atoms with E-state index in [4.69, 9.17) is 16.3 Å². The second-order valence-corrected chi connectivity index (χ2v) is 6.69. The molecule has 1 heterocycles. The number of aromatic nitrogens is 2. The van der Waals surface area contributed by atoms with Crippen molar-refractivity contribution in [3.63, 3.8) is 0 Å². The highest BCUT2D eigenvalue weighted by Gasteiger charge is 2.22. The van der Waals surface area contributed by atoms with Crippen LogP contribution in [-0.2, 0) is 0 Å². The van der Waals surface area contributed by atoms with E-state index in [1.165, 1.54) is 16.8 Å². The van der Waals surface area contributed by atoms with Gasteiger partial charge in [0.2, 0.25) is 0 Å². The van der Waals surface area contributed by atoms with E-state index in [1.807, 2.05) is 38.1 Å². The standard InChI is InChI=1S/C21H21ClFN3O2/c1-4-28-18-11-5-15(6-12-18)13(2)24-21(27)19-14(3)25-26(20(19)22)17-9-7-16(23)8-10-17/h5-13H,4H2,1-3H3,(H,24,27). The molecule has 1 aromatic heterocycles. The summed E-state index contributed by atoms with van der Waals surface area (Å²) in [5, 5.41) is 7.45. The van der Waals surface area contributed by atoms with Crippen LogP contribution in [0.3, 0.4) is 0 Å². The molecule has 0 aliphatic heterocycles. The second-order valence-electron chi connectivity index (χ2n) is 6.34. The lowest BCUT2D eigenvalue weighted by atomic mass is 10.1. The number of ether oxygens (including phenoxy) is 1. The Morgan fingerprint density at radius 2 is 1.86 bits per heavy atom. The van der Waals surface area contributed by atoms with Crippen LogP contribution in [0.1, 0.15) is 41.5 Å². The summed E-state index contributed by atoms with van der Waals surface area (Å²) in [6, 6.07) is 13.1. The van der Waals surface area contributed by atoms with Gasteiger partial charge in [-0.25, -0.2) is 9.07 Å².